The summed E-state index contributed by atoms with van der Waals surface area (Å²) < 4.78 is 2.50. The molecule has 1 aliphatic rings. The van der Waals surface area contributed by atoms with Gasteiger partial charge in [-0.2, -0.15) is 0 Å². The molecule has 0 radical (unpaired) electrons. The highest BCUT2D eigenvalue weighted by atomic mass is 15.0. The maximum Gasteiger partial charge on any atom is 0.0491 e. The van der Waals surface area contributed by atoms with Crippen molar-refractivity contribution in [2.24, 2.45) is 0 Å². The van der Waals surface area contributed by atoms with Crippen LogP contribution in [0.4, 0.5) is 0 Å². The number of rotatable bonds is 1. The lowest BCUT2D eigenvalue weighted by atomic mass is 10.0. The van der Waals surface area contributed by atoms with Crippen LogP contribution in [0.2, 0.25) is 0 Å². The molecule has 1 aromatic heterocycles. The molecule has 0 aliphatic heterocycles. The van der Waals surface area contributed by atoms with Crippen molar-refractivity contribution in [2.45, 2.75) is 26.3 Å². The first-order valence-corrected chi connectivity index (χ1v) is 6.97. The van der Waals surface area contributed by atoms with Crippen LogP contribution in [0.3, 0.4) is 0 Å². The van der Waals surface area contributed by atoms with Crippen LogP contribution in [0.25, 0.3) is 22.0 Å². The van der Waals surface area contributed by atoms with E-state index >= 15 is 0 Å². The fourth-order valence-electron chi connectivity index (χ4n) is 3.48. The minimum Gasteiger partial charge on any atom is -0.341 e. The van der Waals surface area contributed by atoms with E-state index in [2.05, 4.69) is 66.9 Å². The Morgan fingerprint density at radius 2 is 1.68 bits per heavy atom. The van der Waals surface area contributed by atoms with Gasteiger partial charge < -0.3 is 4.57 Å². The molecule has 2 aromatic carbocycles. The molecule has 94 valence electrons. The van der Waals surface area contributed by atoms with Gasteiger partial charge in [-0.1, -0.05) is 42.5 Å². The second-order valence-corrected chi connectivity index (χ2v) is 5.64. The number of nitrogens with zero attached hydrogens (tertiary/aromatic N) is 1. The molecule has 0 unspecified atom stereocenters. The second kappa shape index (κ2) is 3.74. The molecule has 0 fully saturated rings. The van der Waals surface area contributed by atoms with Crippen LogP contribution >= 0.6 is 0 Å². The monoisotopic (exact) mass is 247 g/mol. The van der Waals surface area contributed by atoms with E-state index in [1.54, 1.807) is 0 Å². The maximum atomic E-state index is 2.50. The van der Waals surface area contributed by atoms with Crippen molar-refractivity contribution in [3.63, 3.8) is 0 Å². The van der Waals surface area contributed by atoms with E-state index in [0.29, 0.717) is 6.04 Å². The van der Waals surface area contributed by atoms with Gasteiger partial charge in [0.1, 0.15) is 0 Å². The Morgan fingerprint density at radius 3 is 2.53 bits per heavy atom. The minimum absolute atomic E-state index is 0.503. The first-order chi connectivity index (χ1) is 9.27. The molecular weight excluding hydrogens is 230 g/mol. The summed E-state index contributed by atoms with van der Waals surface area (Å²) >= 11 is 0. The molecule has 0 saturated heterocycles. The highest BCUT2D eigenvalue weighted by molar-refractivity contribution is 6.01. The van der Waals surface area contributed by atoms with Crippen LogP contribution in [0.1, 0.15) is 31.1 Å². The number of aromatic nitrogens is 1. The van der Waals surface area contributed by atoms with Crippen molar-refractivity contribution in [3.05, 3.63) is 59.8 Å². The Bertz CT molecular complexity index is 777. The van der Waals surface area contributed by atoms with Gasteiger partial charge in [-0.05, 0) is 31.0 Å². The summed E-state index contributed by atoms with van der Waals surface area (Å²) in [5, 5.41) is 1.40. The lowest BCUT2D eigenvalue weighted by molar-refractivity contribution is 0.603. The summed E-state index contributed by atoms with van der Waals surface area (Å²) in [6.45, 7) is 4.55. The molecule has 4 rings (SSSR count). The van der Waals surface area contributed by atoms with Crippen LogP contribution in [-0.4, -0.2) is 4.57 Å². The largest absolute Gasteiger partial charge is 0.341 e. The molecule has 0 bridgehead atoms. The van der Waals surface area contributed by atoms with E-state index in [-0.39, 0.29) is 0 Å². The summed E-state index contributed by atoms with van der Waals surface area (Å²) in [5.74, 6) is 0. The highest BCUT2D eigenvalue weighted by Crippen LogP contribution is 2.44. The fraction of sp³-hybridized carbons (Fsp3) is 0.222. The normalized spacial score (nSPS) is 13.0. The Morgan fingerprint density at radius 1 is 0.947 bits per heavy atom. The van der Waals surface area contributed by atoms with Crippen LogP contribution in [-0.2, 0) is 6.42 Å². The third kappa shape index (κ3) is 1.36. The molecule has 0 spiro atoms. The minimum atomic E-state index is 0.503. The Balaban J connectivity index is 2.15. The van der Waals surface area contributed by atoms with E-state index in [0.717, 1.165) is 6.42 Å². The van der Waals surface area contributed by atoms with Gasteiger partial charge in [-0.25, -0.2) is 0 Å². The third-order valence-corrected chi connectivity index (χ3v) is 4.17. The maximum absolute atomic E-state index is 2.50. The number of hydrogen-bond donors (Lipinski definition) is 0. The van der Waals surface area contributed by atoms with Crippen molar-refractivity contribution in [3.8, 4) is 11.1 Å². The zero-order valence-electron chi connectivity index (χ0n) is 11.4. The Labute approximate surface area is 113 Å². The van der Waals surface area contributed by atoms with Gasteiger partial charge in [0.25, 0.3) is 0 Å². The smallest absolute Gasteiger partial charge is 0.0491 e. The summed E-state index contributed by atoms with van der Waals surface area (Å²) in [6.07, 6.45) is 1.07. The summed E-state index contributed by atoms with van der Waals surface area (Å²) in [7, 11) is 0. The standard InChI is InChI=1S/C18H17N/c1-12(2)19-16-10-6-5-9-15(16)18-14-8-4-3-7-13(14)11-17(18)19/h3-10,12H,11H2,1-2H3. The van der Waals surface area contributed by atoms with Gasteiger partial charge in [-0.3, -0.25) is 0 Å². The van der Waals surface area contributed by atoms with Gasteiger partial charge in [0, 0.05) is 34.6 Å². The topological polar surface area (TPSA) is 4.93 Å². The first kappa shape index (κ1) is 10.9. The summed E-state index contributed by atoms with van der Waals surface area (Å²) in [4.78, 5) is 0. The quantitative estimate of drug-likeness (QED) is 0.455. The van der Waals surface area contributed by atoms with Gasteiger partial charge in [0.05, 0.1) is 0 Å². The lowest BCUT2D eigenvalue weighted by Gasteiger charge is -2.13. The molecule has 0 atom stereocenters. The molecule has 1 heteroatoms. The highest BCUT2D eigenvalue weighted by Gasteiger charge is 2.26. The number of para-hydroxylation sites is 1. The van der Waals surface area contributed by atoms with Crippen LogP contribution in [0.15, 0.2) is 48.5 Å². The number of fused-ring (bicyclic) bond motifs is 5. The molecule has 0 saturated carbocycles. The van der Waals surface area contributed by atoms with E-state index in [1.807, 2.05) is 0 Å². The van der Waals surface area contributed by atoms with Crippen molar-refractivity contribution in [2.75, 3.05) is 0 Å². The average molecular weight is 247 g/mol. The zero-order chi connectivity index (χ0) is 13.0. The molecular formula is C18H17N. The van der Waals surface area contributed by atoms with Crippen molar-refractivity contribution in [1.29, 1.82) is 0 Å². The van der Waals surface area contributed by atoms with Gasteiger partial charge in [0.15, 0.2) is 0 Å². The summed E-state index contributed by atoms with van der Waals surface area (Å²) in [6, 6.07) is 18.1. The zero-order valence-corrected chi connectivity index (χ0v) is 11.4. The second-order valence-electron chi connectivity index (χ2n) is 5.64. The molecule has 1 nitrogen and oxygen atoms in total. The van der Waals surface area contributed by atoms with Gasteiger partial charge in [0.2, 0.25) is 0 Å². The lowest BCUT2D eigenvalue weighted by Crippen LogP contribution is -2.04. The van der Waals surface area contributed by atoms with E-state index in [9.17, 15) is 0 Å². The first-order valence-electron chi connectivity index (χ1n) is 6.97. The van der Waals surface area contributed by atoms with E-state index in [4.69, 9.17) is 0 Å². The van der Waals surface area contributed by atoms with Gasteiger partial charge in [-0.15, -0.1) is 0 Å². The van der Waals surface area contributed by atoms with Crippen molar-refractivity contribution < 1.29 is 0 Å². The van der Waals surface area contributed by atoms with E-state index in [1.165, 1.54) is 33.3 Å². The third-order valence-electron chi connectivity index (χ3n) is 4.17. The molecule has 1 aliphatic carbocycles. The number of benzene rings is 2. The van der Waals surface area contributed by atoms with Crippen LogP contribution in [0.5, 0.6) is 0 Å². The van der Waals surface area contributed by atoms with Crippen LogP contribution < -0.4 is 0 Å². The molecule has 0 amide bonds. The molecule has 1 heterocycles. The average Bonchev–Trinajstić information content (AvgIpc) is 2.91. The van der Waals surface area contributed by atoms with Crippen molar-refractivity contribution >= 4 is 10.9 Å². The molecule has 3 aromatic rings. The van der Waals surface area contributed by atoms with Crippen LogP contribution in [0, 0.1) is 0 Å². The van der Waals surface area contributed by atoms with Gasteiger partial charge >= 0.3 is 0 Å². The molecule has 19 heavy (non-hydrogen) atoms. The Kier molecular flexibility index (Phi) is 2.14. The molecule has 0 N–H and O–H groups in total. The predicted molar refractivity (Wildman–Crippen MR) is 80.6 cm³/mol. The van der Waals surface area contributed by atoms with E-state index < -0.39 is 0 Å². The SMILES string of the molecule is CC(C)n1c2c(c3ccccc31)-c1ccccc1C2. The number of hydrogen-bond acceptors (Lipinski definition) is 0. The van der Waals surface area contributed by atoms with Crippen molar-refractivity contribution in [1.82, 2.24) is 4.57 Å². The predicted octanol–water partition coefficient (Wildman–Crippen LogP) is 4.79. The Hall–Kier alpha value is -2.02. The fourth-order valence-corrected chi connectivity index (χ4v) is 3.48. The summed E-state index contributed by atoms with van der Waals surface area (Å²) in [5.41, 5.74) is 7.20.